The van der Waals surface area contributed by atoms with Gasteiger partial charge in [0.2, 0.25) is 0 Å². The monoisotopic (exact) mass is 381 g/mol. The zero-order valence-corrected chi connectivity index (χ0v) is 15.5. The number of sulfone groups is 1. The third kappa shape index (κ3) is 4.55. The minimum absolute atomic E-state index is 0.0451. The van der Waals surface area contributed by atoms with Gasteiger partial charge in [-0.1, -0.05) is 0 Å². The summed E-state index contributed by atoms with van der Waals surface area (Å²) >= 11 is 0. The number of carbonyl (C=O) groups excluding carboxylic acids is 2. The van der Waals surface area contributed by atoms with E-state index >= 15 is 0 Å². The standard InChI is InChI=1S/C18H23NO6S/c1-2-24-18(21)13-3-7-16(8-4-13)25-11-17(20)19(14-5-6-14)15-9-10-26(22,23)12-15/h3-4,7-8,14-15H,2,5-6,9-12H2,1H3/t15-/m0/s1. The summed E-state index contributed by atoms with van der Waals surface area (Å²) in [5.74, 6) is 0.0658. The van der Waals surface area contributed by atoms with Gasteiger partial charge in [-0.05, 0) is 50.5 Å². The smallest absolute Gasteiger partial charge is 0.338 e. The Morgan fingerprint density at radius 2 is 1.81 bits per heavy atom. The van der Waals surface area contributed by atoms with Gasteiger partial charge in [0, 0.05) is 12.1 Å². The first kappa shape index (κ1) is 18.7. The molecule has 0 radical (unpaired) electrons. The van der Waals surface area contributed by atoms with Crippen LogP contribution in [0.2, 0.25) is 0 Å². The zero-order chi connectivity index (χ0) is 18.7. The van der Waals surface area contributed by atoms with E-state index in [2.05, 4.69) is 0 Å². The average molecular weight is 381 g/mol. The van der Waals surface area contributed by atoms with Gasteiger partial charge in [-0.25, -0.2) is 13.2 Å². The molecule has 0 bridgehead atoms. The summed E-state index contributed by atoms with van der Waals surface area (Å²) in [5, 5.41) is 0. The lowest BCUT2D eigenvalue weighted by Gasteiger charge is -2.28. The van der Waals surface area contributed by atoms with E-state index in [1.165, 1.54) is 0 Å². The normalized spacial score (nSPS) is 21.2. The lowest BCUT2D eigenvalue weighted by Crippen LogP contribution is -2.45. The van der Waals surface area contributed by atoms with E-state index in [-0.39, 0.29) is 36.1 Å². The fourth-order valence-electron chi connectivity index (χ4n) is 3.17. The van der Waals surface area contributed by atoms with E-state index in [4.69, 9.17) is 9.47 Å². The van der Waals surface area contributed by atoms with Crippen LogP contribution in [-0.4, -0.2) is 62.0 Å². The molecule has 0 aromatic heterocycles. The van der Waals surface area contributed by atoms with Crippen LogP contribution in [0, 0.1) is 0 Å². The van der Waals surface area contributed by atoms with Gasteiger partial charge in [-0.15, -0.1) is 0 Å². The Hall–Kier alpha value is -2.09. The topological polar surface area (TPSA) is 90.0 Å². The number of benzene rings is 1. The number of ether oxygens (including phenoxy) is 2. The number of rotatable bonds is 7. The number of carbonyl (C=O) groups is 2. The van der Waals surface area contributed by atoms with Crippen LogP contribution in [-0.2, 0) is 19.4 Å². The molecule has 1 heterocycles. The molecule has 142 valence electrons. The van der Waals surface area contributed by atoms with Crippen LogP contribution in [0.15, 0.2) is 24.3 Å². The molecule has 0 unspecified atom stereocenters. The van der Waals surface area contributed by atoms with E-state index < -0.39 is 15.8 Å². The molecule has 1 aromatic rings. The van der Waals surface area contributed by atoms with Gasteiger partial charge in [0.15, 0.2) is 16.4 Å². The molecule has 1 saturated carbocycles. The predicted molar refractivity (Wildman–Crippen MR) is 94.8 cm³/mol. The van der Waals surface area contributed by atoms with Crippen molar-refractivity contribution >= 4 is 21.7 Å². The lowest BCUT2D eigenvalue weighted by atomic mass is 10.2. The van der Waals surface area contributed by atoms with Crippen molar-refractivity contribution in [2.75, 3.05) is 24.7 Å². The highest BCUT2D eigenvalue weighted by molar-refractivity contribution is 7.91. The molecule has 1 atom stereocenters. The van der Waals surface area contributed by atoms with Crippen molar-refractivity contribution in [2.24, 2.45) is 0 Å². The van der Waals surface area contributed by atoms with Crippen molar-refractivity contribution in [1.29, 1.82) is 0 Å². The van der Waals surface area contributed by atoms with Gasteiger partial charge in [0.25, 0.3) is 5.91 Å². The first-order valence-corrected chi connectivity index (χ1v) is 10.6. The van der Waals surface area contributed by atoms with Crippen molar-refractivity contribution in [3.63, 3.8) is 0 Å². The highest BCUT2D eigenvalue weighted by Crippen LogP contribution is 2.32. The Kier molecular flexibility index (Phi) is 5.50. The molecule has 1 aliphatic heterocycles. The molecule has 2 fully saturated rings. The second-order valence-electron chi connectivity index (χ2n) is 6.62. The van der Waals surface area contributed by atoms with Crippen LogP contribution in [0.5, 0.6) is 5.75 Å². The van der Waals surface area contributed by atoms with Crippen molar-refractivity contribution in [2.45, 2.75) is 38.3 Å². The molecule has 1 aromatic carbocycles. The van der Waals surface area contributed by atoms with Crippen molar-refractivity contribution in [1.82, 2.24) is 4.90 Å². The largest absolute Gasteiger partial charge is 0.484 e. The Labute approximate surface area is 153 Å². The summed E-state index contributed by atoms with van der Waals surface area (Å²) in [6.07, 6.45) is 2.33. The number of amides is 1. The Balaban J connectivity index is 1.58. The Morgan fingerprint density at radius 1 is 1.12 bits per heavy atom. The Morgan fingerprint density at radius 3 is 2.35 bits per heavy atom. The molecular weight excluding hydrogens is 358 g/mol. The fraction of sp³-hybridized carbons (Fsp3) is 0.556. The highest BCUT2D eigenvalue weighted by atomic mass is 32.2. The SMILES string of the molecule is CCOC(=O)c1ccc(OCC(=O)N(C2CC2)[C@H]2CCS(=O)(=O)C2)cc1. The molecule has 0 spiro atoms. The first-order valence-electron chi connectivity index (χ1n) is 8.81. The van der Waals surface area contributed by atoms with Crippen LogP contribution < -0.4 is 4.74 Å². The van der Waals surface area contributed by atoms with Gasteiger partial charge in [-0.3, -0.25) is 4.79 Å². The van der Waals surface area contributed by atoms with Crippen LogP contribution >= 0.6 is 0 Å². The van der Waals surface area contributed by atoms with E-state index in [1.54, 1.807) is 36.1 Å². The summed E-state index contributed by atoms with van der Waals surface area (Å²) in [4.78, 5) is 25.9. The van der Waals surface area contributed by atoms with Crippen LogP contribution in [0.1, 0.15) is 36.5 Å². The van der Waals surface area contributed by atoms with Gasteiger partial charge in [0.1, 0.15) is 5.75 Å². The first-order chi connectivity index (χ1) is 12.4. The molecule has 1 amide bonds. The molecule has 1 aliphatic carbocycles. The summed E-state index contributed by atoms with van der Waals surface area (Å²) in [6, 6.07) is 6.28. The number of esters is 1. The van der Waals surface area contributed by atoms with Crippen LogP contribution in [0.3, 0.4) is 0 Å². The van der Waals surface area contributed by atoms with Crippen LogP contribution in [0.25, 0.3) is 0 Å². The second kappa shape index (κ2) is 7.65. The zero-order valence-electron chi connectivity index (χ0n) is 14.7. The summed E-state index contributed by atoms with van der Waals surface area (Å²) < 4.78 is 33.9. The van der Waals surface area contributed by atoms with E-state index in [0.29, 0.717) is 24.3 Å². The molecule has 0 N–H and O–H groups in total. The molecule has 3 rings (SSSR count). The van der Waals surface area contributed by atoms with Crippen molar-refractivity contribution in [3.8, 4) is 5.75 Å². The maximum absolute atomic E-state index is 12.6. The van der Waals surface area contributed by atoms with Gasteiger partial charge in [-0.2, -0.15) is 0 Å². The fourth-order valence-corrected chi connectivity index (χ4v) is 4.89. The van der Waals surface area contributed by atoms with Gasteiger partial charge >= 0.3 is 5.97 Å². The van der Waals surface area contributed by atoms with Crippen molar-refractivity contribution < 1.29 is 27.5 Å². The maximum Gasteiger partial charge on any atom is 0.338 e. The minimum atomic E-state index is -3.04. The number of nitrogens with zero attached hydrogens (tertiary/aromatic N) is 1. The second-order valence-corrected chi connectivity index (χ2v) is 8.85. The molecule has 2 aliphatic rings. The van der Waals surface area contributed by atoms with E-state index in [9.17, 15) is 18.0 Å². The third-order valence-electron chi connectivity index (χ3n) is 4.56. The third-order valence-corrected chi connectivity index (χ3v) is 6.31. The molecular formula is C18H23NO6S. The molecule has 26 heavy (non-hydrogen) atoms. The number of hydrogen-bond acceptors (Lipinski definition) is 6. The quantitative estimate of drug-likeness (QED) is 0.664. The summed E-state index contributed by atoms with van der Waals surface area (Å²) in [6.45, 7) is 1.90. The predicted octanol–water partition coefficient (Wildman–Crippen LogP) is 1.42. The Bertz CT molecular complexity index is 769. The maximum atomic E-state index is 12.6. The highest BCUT2D eigenvalue weighted by Gasteiger charge is 2.42. The van der Waals surface area contributed by atoms with Crippen molar-refractivity contribution in [3.05, 3.63) is 29.8 Å². The molecule has 1 saturated heterocycles. The minimum Gasteiger partial charge on any atom is -0.484 e. The van der Waals surface area contributed by atoms with E-state index in [1.807, 2.05) is 0 Å². The lowest BCUT2D eigenvalue weighted by molar-refractivity contribution is -0.135. The average Bonchev–Trinajstić information content (AvgIpc) is 3.37. The molecule has 7 nitrogen and oxygen atoms in total. The summed E-state index contributed by atoms with van der Waals surface area (Å²) in [5.41, 5.74) is 0.418. The van der Waals surface area contributed by atoms with E-state index in [0.717, 1.165) is 12.8 Å². The van der Waals surface area contributed by atoms with Crippen LogP contribution in [0.4, 0.5) is 0 Å². The van der Waals surface area contributed by atoms with Gasteiger partial charge in [0.05, 0.1) is 23.7 Å². The number of hydrogen-bond donors (Lipinski definition) is 0. The van der Waals surface area contributed by atoms with Gasteiger partial charge < -0.3 is 14.4 Å². The summed E-state index contributed by atoms with van der Waals surface area (Å²) in [7, 11) is -3.04. The molecule has 8 heteroatoms.